The van der Waals surface area contributed by atoms with Crippen LogP contribution in [0.2, 0.25) is 0 Å². The molecule has 0 radical (unpaired) electrons. The van der Waals surface area contributed by atoms with Crippen LogP contribution in [-0.2, 0) is 0 Å². The second kappa shape index (κ2) is 6.69. The van der Waals surface area contributed by atoms with Crippen molar-refractivity contribution in [2.45, 2.75) is 6.92 Å². The molecule has 2 aromatic carbocycles. The van der Waals surface area contributed by atoms with E-state index in [1.165, 1.54) is 38.3 Å². The Kier molecular flexibility index (Phi) is 4.70. The van der Waals surface area contributed by atoms with Crippen molar-refractivity contribution in [3.63, 3.8) is 0 Å². The molecule has 0 aliphatic rings. The molecule has 0 unspecified atom stereocenters. The molecule has 0 aliphatic carbocycles. The monoisotopic (exact) mass is 315 g/mol. The number of nitro benzene ring substituents is 1. The van der Waals surface area contributed by atoms with Crippen molar-refractivity contribution in [1.82, 2.24) is 0 Å². The number of nitro groups is 1. The van der Waals surface area contributed by atoms with Gasteiger partial charge in [-0.15, -0.1) is 0 Å². The summed E-state index contributed by atoms with van der Waals surface area (Å²) in [6.45, 7) is 1.40. The molecule has 2 aromatic rings. The molecule has 0 spiro atoms. The molecule has 0 atom stereocenters. The van der Waals surface area contributed by atoms with E-state index < -0.39 is 10.9 Å². The SMILES string of the molecule is COc1ccc(C(=O)Oc2cccc(C(C)=O)c2)cc1[N+](=O)[O-]. The number of methoxy groups -OCH3 is 1. The average Bonchev–Trinajstić information content (AvgIpc) is 2.54. The normalized spacial score (nSPS) is 10.0. The van der Waals surface area contributed by atoms with Crippen LogP contribution in [0.15, 0.2) is 42.5 Å². The van der Waals surface area contributed by atoms with Crippen molar-refractivity contribution in [1.29, 1.82) is 0 Å². The van der Waals surface area contributed by atoms with Gasteiger partial charge < -0.3 is 9.47 Å². The van der Waals surface area contributed by atoms with Gasteiger partial charge in [-0.2, -0.15) is 0 Å². The Morgan fingerprint density at radius 1 is 1.09 bits per heavy atom. The number of esters is 1. The highest BCUT2D eigenvalue weighted by Crippen LogP contribution is 2.28. The van der Waals surface area contributed by atoms with E-state index in [1.54, 1.807) is 12.1 Å². The van der Waals surface area contributed by atoms with Gasteiger partial charge >= 0.3 is 11.7 Å². The summed E-state index contributed by atoms with van der Waals surface area (Å²) in [7, 11) is 1.30. The van der Waals surface area contributed by atoms with Gasteiger partial charge in [-0.05, 0) is 31.2 Å². The average molecular weight is 315 g/mol. The fraction of sp³-hybridized carbons (Fsp3) is 0.125. The van der Waals surface area contributed by atoms with Crippen LogP contribution in [0, 0.1) is 10.1 Å². The van der Waals surface area contributed by atoms with Gasteiger partial charge in [0.1, 0.15) is 5.75 Å². The highest BCUT2D eigenvalue weighted by molar-refractivity contribution is 5.95. The predicted molar refractivity (Wildman–Crippen MR) is 81.1 cm³/mol. The lowest BCUT2D eigenvalue weighted by atomic mass is 10.1. The van der Waals surface area contributed by atoms with E-state index in [2.05, 4.69) is 0 Å². The third-order valence-electron chi connectivity index (χ3n) is 3.06. The van der Waals surface area contributed by atoms with Gasteiger partial charge in [-0.3, -0.25) is 14.9 Å². The summed E-state index contributed by atoms with van der Waals surface area (Å²) in [5.41, 5.74) is 0.0705. The number of Topliss-reactive ketones (excluding diaryl/α,β-unsaturated/α-hetero) is 1. The van der Waals surface area contributed by atoms with E-state index in [4.69, 9.17) is 9.47 Å². The zero-order chi connectivity index (χ0) is 17.0. The third-order valence-corrected chi connectivity index (χ3v) is 3.06. The minimum absolute atomic E-state index is 0.00530. The molecule has 7 nitrogen and oxygen atoms in total. The molecule has 0 heterocycles. The van der Waals surface area contributed by atoms with Gasteiger partial charge in [-0.25, -0.2) is 4.79 Å². The summed E-state index contributed by atoms with van der Waals surface area (Å²) in [4.78, 5) is 33.7. The second-order valence-electron chi connectivity index (χ2n) is 4.62. The standard InChI is InChI=1S/C16H13NO6/c1-10(18)11-4-3-5-13(8-11)23-16(19)12-6-7-15(22-2)14(9-12)17(20)21/h3-9H,1-2H3. The first-order chi connectivity index (χ1) is 10.9. The van der Waals surface area contributed by atoms with Crippen LogP contribution in [0.5, 0.6) is 11.5 Å². The minimum atomic E-state index is -0.767. The first-order valence-corrected chi connectivity index (χ1v) is 6.58. The quantitative estimate of drug-likeness (QED) is 0.277. The van der Waals surface area contributed by atoms with Crippen molar-refractivity contribution in [3.05, 3.63) is 63.7 Å². The zero-order valence-corrected chi connectivity index (χ0v) is 12.4. The molecule has 2 rings (SSSR count). The van der Waals surface area contributed by atoms with Crippen molar-refractivity contribution in [3.8, 4) is 11.5 Å². The van der Waals surface area contributed by atoms with E-state index in [0.717, 1.165) is 6.07 Å². The summed E-state index contributed by atoms with van der Waals surface area (Å²) in [5.74, 6) is -0.703. The van der Waals surface area contributed by atoms with Crippen LogP contribution in [0.1, 0.15) is 27.6 Å². The van der Waals surface area contributed by atoms with Crippen LogP contribution in [0.25, 0.3) is 0 Å². The Hall–Kier alpha value is -3.22. The molecule has 23 heavy (non-hydrogen) atoms. The molecule has 0 amide bonds. The summed E-state index contributed by atoms with van der Waals surface area (Å²) < 4.78 is 10.0. The third kappa shape index (κ3) is 3.70. The lowest BCUT2D eigenvalue weighted by Crippen LogP contribution is -2.09. The molecule has 0 bridgehead atoms. The van der Waals surface area contributed by atoms with Crippen LogP contribution in [0.3, 0.4) is 0 Å². The van der Waals surface area contributed by atoms with Crippen LogP contribution in [-0.4, -0.2) is 23.8 Å². The number of carbonyl (C=O) groups excluding carboxylic acids is 2. The number of benzene rings is 2. The van der Waals surface area contributed by atoms with Gasteiger partial charge in [0.25, 0.3) is 0 Å². The molecule has 0 saturated heterocycles. The second-order valence-corrected chi connectivity index (χ2v) is 4.62. The fourth-order valence-corrected chi connectivity index (χ4v) is 1.90. The van der Waals surface area contributed by atoms with Crippen molar-refractivity contribution in [2.24, 2.45) is 0 Å². The molecular formula is C16H13NO6. The molecule has 7 heteroatoms. The molecule has 0 N–H and O–H groups in total. The Morgan fingerprint density at radius 3 is 2.43 bits per heavy atom. The van der Waals surface area contributed by atoms with Gasteiger partial charge in [0, 0.05) is 11.6 Å². The van der Waals surface area contributed by atoms with E-state index >= 15 is 0 Å². The van der Waals surface area contributed by atoms with E-state index in [1.807, 2.05) is 0 Å². The maximum atomic E-state index is 12.1. The topological polar surface area (TPSA) is 95.7 Å². The molecule has 0 fully saturated rings. The summed E-state index contributed by atoms with van der Waals surface area (Å²) in [6, 6.07) is 9.88. The number of hydrogen-bond acceptors (Lipinski definition) is 6. The number of ether oxygens (including phenoxy) is 2. The van der Waals surface area contributed by atoms with Crippen molar-refractivity contribution >= 4 is 17.4 Å². The molecule has 0 saturated carbocycles. The Labute approximate surface area is 131 Å². The number of hydrogen-bond donors (Lipinski definition) is 0. The highest BCUT2D eigenvalue weighted by atomic mass is 16.6. The Balaban J connectivity index is 2.27. The predicted octanol–water partition coefficient (Wildman–Crippen LogP) is 3.03. The van der Waals surface area contributed by atoms with E-state index in [0.29, 0.717) is 5.56 Å². The van der Waals surface area contributed by atoms with Crippen molar-refractivity contribution < 1.29 is 24.0 Å². The molecule has 0 aromatic heterocycles. The lowest BCUT2D eigenvalue weighted by Gasteiger charge is -2.07. The highest BCUT2D eigenvalue weighted by Gasteiger charge is 2.19. The van der Waals surface area contributed by atoms with Crippen molar-refractivity contribution in [2.75, 3.05) is 7.11 Å². The summed E-state index contributed by atoms with van der Waals surface area (Å²) in [6.07, 6.45) is 0. The zero-order valence-electron chi connectivity index (χ0n) is 12.4. The number of rotatable bonds is 5. The van der Waals surface area contributed by atoms with Gasteiger partial charge in [0.05, 0.1) is 17.6 Å². The first kappa shape index (κ1) is 16.2. The summed E-state index contributed by atoms with van der Waals surface area (Å²) in [5, 5.41) is 11.0. The van der Waals surface area contributed by atoms with E-state index in [-0.39, 0.29) is 28.5 Å². The maximum absolute atomic E-state index is 12.1. The molecular weight excluding hydrogens is 302 g/mol. The maximum Gasteiger partial charge on any atom is 0.343 e. The van der Waals surface area contributed by atoms with Crippen LogP contribution >= 0.6 is 0 Å². The van der Waals surface area contributed by atoms with Gasteiger partial charge in [0.2, 0.25) is 0 Å². The lowest BCUT2D eigenvalue weighted by molar-refractivity contribution is -0.385. The smallest absolute Gasteiger partial charge is 0.343 e. The minimum Gasteiger partial charge on any atom is -0.490 e. The van der Waals surface area contributed by atoms with Gasteiger partial charge in [0.15, 0.2) is 11.5 Å². The number of ketones is 1. The van der Waals surface area contributed by atoms with Crippen LogP contribution in [0.4, 0.5) is 5.69 Å². The fourth-order valence-electron chi connectivity index (χ4n) is 1.90. The Bertz CT molecular complexity index is 784. The van der Waals surface area contributed by atoms with E-state index in [9.17, 15) is 19.7 Å². The first-order valence-electron chi connectivity index (χ1n) is 6.58. The number of nitrogens with zero attached hydrogens (tertiary/aromatic N) is 1. The largest absolute Gasteiger partial charge is 0.490 e. The molecule has 118 valence electrons. The number of carbonyl (C=O) groups is 2. The van der Waals surface area contributed by atoms with Crippen LogP contribution < -0.4 is 9.47 Å². The summed E-state index contributed by atoms with van der Waals surface area (Å²) >= 11 is 0. The molecule has 0 aliphatic heterocycles. The van der Waals surface area contributed by atoms with Gasteiger partial charge in [-0.1, -0.05) is 12.1 Å². The Morgan fingerprint density at radius 2 is 1.83 bits per heavy atom.